The Morgan fingerprint density at radius 1 is 0.852 bits per heavy atom. The molecule has 0 spiro atoms. The lowest BCUT2D eigenvalue weighted by Gasteiger charge is -2.06. The van der Waals surface area contributed by atoms with Crippen molar-refractivity contribution in [2.24, 2.45) is 0 Å². The van der Waals surface area contributed by atoms with Gasteiger partial charge in [-0.25, -0.2) is 9.97 Å². The number of rotatable bonds is 5. The molecule has 6 nitrogen and oxygen atoms in total. The van der Waals surface area contributed by atoms with Crippen LogP contribution in [0.2, 0.25) is 0 Å². The SMILES string of the molecule is c1ccc(-c2oc3ncnc(NCc4ccco4)c3c2-c2ccco2)cc1. The van der Waals surface area contributed by atoms with Crippen LogP contribution in [-0.2, 0) is 6.54 Å². The van der Waals surface area contributed by atoms with Gasteiger partial charge in [0.25, 0.3) is 0 Å². The van der Waals surface area contributed by atoms with Gasteiger partial charge in [0.1, 0.15) is 29.4 Å². The summed E-state index contributed by atoms with van der Waals surface area (Å²) in [6.07, 6.45) is 4.77. The molecular weight excluding hydrogens is 342 g/mol. The molecule has 27 heavy (non-hydrogen) atoms. The lowest BCUT2D eigenvalue weighted by Crippen LogP contribution is -2.01. The molecule has 5 rings (SSSR count). The quantitative estimate of drug-likeness (QED) is 0.456. The number of nitrogens with zero attached hydrogens (tertiary/aromatic N) is 2. The fourth-order valence-electron chi connectivity index (χ4n) is 3.10. The summed E-state index contributed by atoms with van der Waals surface area (Å²) >= 11 is 0. The zero-order valence-corrected chi connectivity index (χ0v) is 14.3. The van der Waals surface area contributed by atoms with Gasteiger partial charge in [0.15, 0.2) is 0 Å². The van der Waals surface area contributed by atoms with Crippen LogP contribution in [0.4, 0.5) is 5.82 Å². The van der Waals surface area contributed by atoms with Crippen LogP contribution in [0.25, 0.3) is 33.7 Å². The first-order chi connectivity index (χ1) is 13.4. The topological polar surface area (TPSA) is 77.2 Å². The van der Waals surface area contributed by atoms with Gasteiger partial charge in [-0.3, -0.25) is 0 Å². The summed E-state index contributed by atoms with van der Waals surface area (Å²) < 4.78 is 17.2. The molecule has 132 valence electrons. The molecule has 0 aliphatic heterocycles. The van der Waals surface area contributed by atoms with Gasteiger partial charge in [0.05, 0.1) is 30.0 Å². The van der Waals surface area contributed by atoms with Crippen molar-refractivity contribution in [3.8, 4) is 22.6 Å². The molecule has 6 heteroatoms. The zero-order chi connectivity index (χ0) is 18.1. The molecule has 0 bridgehead atoms. The number of hydrogen-bond donors (Lipinski definition) is 1. The van der Waals surface area contributed by atoms with E-state index >= 15 is 0 Å². The second kappa shape index (κ2) is 6.49. The predicted octanol–water partition coefficient (Wildman–Crippen LogP) is 5.35. The third kappa shape index (κ3) is 2.77. The Morgan fingerprint density at radius 3 is 2.48 bits per heavy atom. The molecule has 1 aromatic carbocycles. The summed E-state index contributed by atoms with van der Waals surface area (Å²) in [5.74, 6) is 2.87. The Morgan fingerprint density at radius 2 is 1.70 bits per heavy atom. The molecule has 5 aromatic rings. The highest BCUT2D eigenvalue weighted by Crippen LogP contribution is 2.42. The second-order valence-electron chi connectivity index (χ2n) is 5.98. The molecule has 0 saturated heterocycles. The highest BCUT2D eigenvalue weighted by molar-refractivity contribution is 6.04. The van der Waals surface area contributed by atoms with Gasteiger partial charge in [-0.15, -0.1) is 0 Å². The largest absolute Gasteiger partial charge is 0.467 e. The van der Waals surface area contributed by atoms with Crippen LogP contribution >= 0.6 is 0 Å². The Hall–Kier alpha value is -3.80. The normalized spacial score (nSPS) is 11.1. The van der Waals surface area contributed by atoms with Crippen LogP contribution < -0.4 is 5.32 Å². The van der Waals surface area contributed by atoms with Crippen molar-refractivity contribution in [2.75, 3.05) is 5.32 Å². The van der Waals surface area contributed by atoms with Crippen LogP contribution in [0.1, 0.15) is 5.76 Å². The molecular formula is C21H15N3O3. The number of anilines is 1. The maximum absolute atomic E-state index is 6.11. The third-order valence-corrected chi connectivity index (χ3v) is 4.30. The second-order valence-corrected chi connectivity index (χ2v) is 5.98. The summed E-state index contributed by atoms with van der Waals surface area (Å²) in [6.45, 7) is 0.503. The first kappa shape index (κ1) is 15.5. The minimum absolute atomic E-state index is 0.497. The monoisotopic (exact) mass is 357 g/mol. The maximum Gasteiger partial charge on any atom is 0.232 e. The maximum atomic E-state index is 6.11. The van der Waals surface area contributed by atoms with Crippen molar-refractivity contribution < 1.29 is 13.3 Å². The van der Waals surface area contributed by atoms with Crippen LogP contribution in [-0.4, -0.2) is 9.97 Å². The minimum atomic E-state index is 0.497. The van der Waals surface area contributed by atoms with Crippen LogP contribution in [0, 0.1) is 0 Å². The molecule has 0 amide bonds. The lowest BCUT2D eigenvalue weighted by atomic mass is 10.0. The zero-order valence-electron chi connectivity index (χ0n) is 14.3. The van der Waals surface area contributed by atoms with Gasteiger partial charge in [-0.05, 0) is 24.3 Å². The van der Waals surface area contributed by atoms with E-state index in [1.807, 2.05) is 54.6 Å². The molecule has 4 aromatic heterocycles. The number of benzene rings is 1. The standard InChI is InChI=1S/C21H15N3O3/c1-2-6-14(7-3-1)19-17(16-9-5-11-26-16)18-20(23-13-24-21(18)27-19)22-12-15-8-4-10-25-15/h1-11,13H,12H2,(H,22,23,24). The van der Waals surface area contributed by atoms with Crippen molar-refractivity contribution in [1.82, 2.24) is 9.97 Å². The van der Waals surface area contributed by atoms with Gasteiger partial charge in [0.2, 0.25) is 5.71 Å². The molecule has 0 unspecified atom stereocenters. The summed E-state index contributed by atoms with van der Waals surface area (Å²) in [4.78, 5) is 8.74. The Balaban J connectivity index is 1.70. The first-order valence-electron chi connectivity index (χ1n) is 8.53. The summed E-state index contributed by atoms with van der Waals surface area (Å²) in [7, 11) is 0. The minimum Gasteiger partial charge on any atom is -0.467 e. The predicted molar refractivity (Wildman–Crippen MR) is 101 cm³/mol. The average molecular weight is 357 g/mol. The van der Waals surface area contributed by atoms with Crippen LogP contribution in [0.3, 0.4) is 0 Å². The van der Waals surface area contributed by atoms with E-state index in [-0.39, 0.29) is 0 Å². The Bertz CT molecular complexity index is 1160. The fourth-order valence-corrected chi connectivity index (χ4v) is 3.10. The molecule has 4 heterocycles. The van der Waals surface area contributed by atoms with E-state index in [0.717, 1.165) is 22.3 Å². The smallest absolute Gasteiger partial charge is 0.232 e. The Labute approximate surface area is 154 Å². The van der Waals surface area contributed by atoms with Gasteiger partial charge in [-0.2, -0.15) is 0 Å². The summed E-state index contributed by atoms with van der Waals surface area (Å²) in [5.41, 5.74) is 2.26. The summed E-state index contributed by atoms with van der Waals surface area (Å²) in [5, 5.41) is 4.09. The number of nitrogens with one attached hydrogen (secondary N) is 1. The molecule has 0 saturated carbocycles. The number of aromatic nitrogens is 2. The molecule has 1 N–H and O–H groups in total. The lowest BCUT2D eigenvalue weighted by molar-refractivity contribution is 0.518. The molecule has 0 radical (unpaired) electrons. The van der Waals surface area contributed by atoms with Gasteiger partial charge in [0, 0.05) is 5.56 Å². The van der Waals surface area contributed by atoms with Crippen molar-refractivity contribution in [1.29, 1.82) is 0 Å². The molecule has 0 aliphatic rings. The van der Waals surface area contributed by atoms with Crippen LogP contribution in [0.15, 0.2) is 86.7 Å². The Kier molecular flexibility index (Phi) is 3.72. The van der Waals surface area contributed by atoms with Crippen molar-refractivity contribution in [2.45, 2.75) is 6.54 Å². The molecule has 0 atom stereocenters. The van der Waals surface area contributed by atoms with Crippen LogP contribution in [0.5, 0.6) is 0 Å². The van der Waals surface area contributed by atoms with Crippen molar-refractivity contribution >= 4 is 16.9 Å². The van der Waals surface area contributed by atoms with E-state index in [4.69, 9.17) is 13.3 Å². The number of fused-ring (bicyclic) bond motifs is 1. The average Bonchev–Trinajstić information content (AvgIpc) is 3.47. The highest BCUT2D eigenvalue weighted by atomic mass is 16.4. The molecule has 0 fully saturated rings. The van der Waals surface area contributed by atoms with Gasteiger partial charge >= 0.3 is 0 Å². The van der Waals surface area contributed by atoms with E-state index in [0.29, 0.717) is 29.6 Å². The fraction of sp³-hybridized carbons (Fsp3) is 0.0476. The van der Waals surface area contributed by atoms with E-state index < -0.39 is 0 Å². The van der Waals surface area contributed by atoms with Crippen molar-refractivity contribution in [3.05, 3.63) is 79.2 Å². The summed E-state index contributed by atoms with van der Waals surface area (Å²) in [6, 6.07) is 17.4. The van der Waals surface area contributed by atoms with Gasteiger partial charge < -0.3 is 18.6 Å². The van der Waals surface area contributed by atoms with Crippen molar-refractivity contribution in [3.63, 3.8) is 0 Å². The molecule has 0 aliphatic carbocycles. The van der Waals surface area contributed by atoms with E-state index in [2.05, 4.69) is 15.3 Å². The number of hydrogen-bond acceptors (Lipinski definition) is 6. The van der Waals surface area contributed by atoms with E-state index in [9.17, 15) is 0 Å². The van der Waals surface area contributed by atoms with E-state index in [1.54, 1.807) is 12.5 Å². The van der Waals surface area contributed by atoms with E-state index in [1.165, 1.54) is 6.33 Å². The number of furan rings is 3. The third-order valence-electron chi connectivity index (χ3n) is 4.30. The first-order valence-corrected chi connectivity index (χ1v) is 8.53. The van der Waals surface area contributed by atoms with Gasteiger partial charge in [-0.1, -0.05) is 30.3 Å². The highest BCUT2D eigenvalue weighted by Gasteiger charge is 2.23.